The molecule has 96 valence electrons. The Balaban J connectivity index is 0.000000180. The largest absolute Gasteiger partial charge is 0.508 e. The van der Waals surface area contributed by atoms with Crippen LogP contribution in [0.4, 0.5) is 0 Å². The molecule has 0 aromatic heterocycles. The Labute approximate surface area is 122 Å². The van der Waals surface area contributed by atoms with E-state index < -0.39 is 0 Å². The minimum absolute atomic E-state index is 0.0110. The van der Waals surface area contributed by atoms with E-state index in [2.05, 4.69) is 15.9 Å². The molecule has 0 amide bonds. The lowest BCUT2D eigenvalue weighted by Gasteiger charge is -1.94. The molecule has 2 rings (SSSR count). The average molecular weight is 352 g/mol. The van der Waals surface area contributed by atoms with Gasteiger partial charge in [0.2, 0.25) is 0 Å². The molecule has 0 atom stereocenters. The van der Waals surface area contributed by atoms with Crippen molar-refractivity contribution in [3.8, 4) is 17.2 Å². The molecule has 6 heteroatoms. The zero-order chi connectivity index (χ0) is 13.7. The van der Waals surface area contributed by atoms with E-state index in [-0.39, 0.29) is 22.3 Å². The van der Waals surface area contributed by atoms with E-state index in [9.17, 15) is 0 Å². The first-order valence-corrected chi connectivity index (χ1v) is 6.26. The molecule has 18 heavy (non-hydrogen) atoms. The fourth-order valence-electron chi connectivity index (χ4n) is 0.982. The smallest absolute Gasteiger partial charge is 0.137 e. The lowest BCUT2D eigenvalue weighted by molar-refractivity contribution is 0.451. The summed E-state index contributed by atoms with van der Waals surface area (Å²) in [5, 5.41) is 27.3. The highest BCUT2D eigenvalue weighted by atomic mass is 79.9. The van der Waals surface area contributed by atoms with Crippen molar-refractivity contribution in [3.05, 3.63) is 50.9 Å². The molecule has 3 N–H and O–H groups in total. The van der Waals surface area contributed by atoms with Gasteiger partial charge in [0, 0.05) is 11.1 Å². The predicted octanol–water partition coefficient (Wildman–Crippen LogP) is 4.56. The highest BCUT2D eigenvalue weighted by Crippen LogP contribution is 2.26. The summed E-state index contributed by atoms with van der Waals surface area (Å²) in [5.41, 5.74) is 0. The standard InChI is InChI=1S/C6H4BrClO.C6H5ClO2/c7-5-3-4(8)1-2-6(5)9;7-5-2-1-4(8)3-6(5)9/h1-3,9H;1-3,8-9H. The van der Waals surface area contributed by atoms with Gasteiger partial charge in [0.15, 0.2) is 0 Å². The molecule has 0 radical (unpaired) electrons. The van der Waals surface area contributed by atoms with E-state index in [4.69, 9.17) is 38.5 Å². The fourth-order valence-corrected chi connectivity index (χ4v) is 1.78. The van der Waals surface area contributed by atoms with Crippen LogP contribution in [0.3, 0.4) is 0 Å². The number of phenolic OH excluding ortho intramolecular Hbond substituents is 3. The first-order valence-electron chi connectivity index (χ1n) is 4.71. The van der Waals surface area contributed by atoms with Crippen LogP contribution < -0.4 is 0 Å². The summed E-state index contributed by atoms with van der Waals surface area (Å²) >= 11 is 14.1. The van der Waals surface area contributed by atoms with Crippen LogP contribution in [0.5, 0.6) is 17.2 Å². The highest BCUT2D eigenvalue weighted by molar-refractivity contribution is 9.10. The third-order valence-electron chi connectivity index (χ3n) is 1.84. The molecule has 2 aromatic rings. The molecule has 0 bridgehead atoms. The first kappa shape index (κ1) is 15.0. The van der Waals surface area contributed by atoms with Crippen LogP contribution in [0.1, 0.15) is 0 Å². The first-order chi connectivity index (χ1) is 8.40. The summed E-state index contributed by atoms with van der Waals surface area (Å²) in [7, 11) is 0. The summed E-state index contributed by atoms with van der Waals surface area (Å²) in [6.07, 6.45) is 0. The van der Waals surface area contributed by atoms with Gasteiger partial charge in [-0.25, -0.2) is 0 Å². The summed E-state index contributed by atoms with van der Waals surface area (Å²) in [5.74, 6) is 0.118. The van der Waals surface area contributed by atoms with E-state index in [0.717, 1.165) is 0 Å². The van der Waals surface area contributed by atoms with Gasteiger partial charge in [0.1, 0.15) is 17.2 Å². The number of benzene rings is 2. The maximum Gasteiger partial charge on any atom is 0.137 e. The van der Waals surface area contributed by atoms with Gasteiger partial charge in [-0.2, -0.15) is 0 Å². The van der Waals surface area contributed by atoms with Crippen molar-refractivity contribution < 1.29 is 15.3 Å². The van der Waals surface area contributed by atoms with E-state index in [1.165, 1.54) is 24.3 Å². The Morgan fingerprint density at radius 2 is 1.50 bits per heavy atom. The molecule has 0 aliphatic heterocycles. The van der Waals surface area contributed by atoms with Crippen molar-refractivity contribution in [1.29, 1.82) is 0 Å². The Morgan fingerprint density at radius 1 is 0.833 bits per heavy atom. The van der Waals surface area contributed by atoms with Gasteiger partial charge in [0.05, 0.1) is 9.50 Å². The topological polar surface area (TPSA) is 60.7 Å². The second kappa shape index (κ2) is 6.73. The molecule has 0 heterocycles. The monoisotopic (exact) mass is 350 g/mol. The molecular formula is C12H9BrCl2O3. The van der Waals surface area contributed by atoms with Crippen molar-refractivity contribution in [2.45, 2.75) is 0 Å². The molecule has 0 fully saturated rings. The van der Waals surface area contributed by atoms with Crippen LogP contribution in [0.15, 0.2) is 40.9 Å². The molecule has 0 saturated carbocycles. The van der Waals surface area contributed by atoms with Crippen molar-refractivity contribution >= 4 is 39.1 Å². The zero-order valence-corrected chi connectivity index (χ0v) is 12.0. The molecule has 0 aliphatic carbocycles. The van der Waals surface area contributed by atoms with E-state index >= 15 is 0 Å². The number of hydrogen-bond donors (Lipinski definition) is 3. The number of rotatable bonds is 0. The minimum atomic E-state index is -0.100. The average Bonchev–Trinajstić information content (AvgIpc) is 2.30. The number of halogens is 3. The second-order valence-electron chi connectivity index (χ2n) is 3.23. The van der Waals surface area contributed by atoms with Crippen LogP contribution >= 0.6 is 39.1 Å². The van der Waals surface area contributed by atoms with Crippen LogP contribution in [0.2, 0.25) is 10.0 Å². The molecule has 0 aliphatic rings. The van der Waals surface area contributed by atoms with Crippen molar-refractivity contribution in [2.75, 3.05) is 0 Å². The molecule has 0 unspecified atom stereocenters. The molecular weight excluding hydrogens is 343 g/mol. The summed E-state index contributed by atoms with van der Waals surface area (Å²) in [6.45, 7) is 0. The summed E-state index contributed by atoms with van der Waals surface area (Å²) < 4.78 is 0.620. The number of hydrogen-bond acceptors (Lipinski definition) is 3. The van der Waals surface area contributed by atoms with E-state index in [1.54, 1.807) is 12.1 Å². The molecule has 0 spiro atoms. The van der Waals surface area contributed by atoms with Crippen LogP contribution in [-0.4, -0.2) is 15.3 Å². The third-order valence-corrected chi connectivity index (χ3v) is 3.03. The van der Waals surface area contributed by atoms with E-state index in [0.29, 0.717) is 9.50 Å². The fraction of sp³-hybridized carbons (Fsp3) is 0. The highest BCUT2D eigenvalue weighted by Gasteiger charge is 1.96. The number of phenols is 3. The number of aromatic hydroxyl groups is 3. The predicted molar refractivity (Wildman–Crippen MR) is 75.6 cm³/mol. The third kappa shape index (κ3) is 4.64. The second-order valence-corrected chi connectivity index (χ2v) is 4.93. The maximum atomic E-state index is 8.94. The maximum absolute atomic E-state index is 8.94. The molecule has 2 aromatic carbocycles. The molecule has 3 nitrogen and oxygen atoms in total. The Bertz CT molecular complexity index is 497. The zero-order valence-electron chi connectivity index (χ0n) is 8.94. The van der Waals surface area contributed by atoms with Crippen molar-refractivity contribution in [1.82, 2.24) is 0 Å². The molecule has 0 saturated heterocycles. The Morgan fingerprint density at radius 3 is 1.94 bits per heavy atom. The van der Waals surface area contributed by atoms with Gasteiger partial charge in [-0.3, -0.25) is 0 Å². The quantitative estimate of drug-likeness (QED) is 0.652. The Hall–Kier alpha value is -1.10. The Kier molecular flexibility index (Phi) is 5.59. The normalized spacial score (nSPS) is 9.50. The van der Waals surface area contributed by atoms with Crippen LogP contribution in [0, 0.1) is 0 Å². The van der Waals surface area contributed by atoms with Gasteiger partial charge in [-0.15, -0.1) is 0 Å². The summed E-state index contributed by atoms with van der Waals surface area (Å²) in [4.78, 5) is 0. The van der Waals surface area contributed by atoms with Crippen LogP contribution in [-0.2, 0) is 0 Å². The minimum Gasteiger partial charge on any atom is -0.508 e. The van der Waals surface area contributed by atoms with Crippen molar-refractivity contribution in [2.24, 2.45) is 0 Å². The van der Waals surface area contributed by atoms with Gasteiger partial charge < -0.3 is 15.3 Å². The lowest BCUT2D eigenvalue weighted by atomic mass is 10.3. The van der Waals surface area contributed by atoms with E-state index in [1.807, 2.05) is 0 Å². The van der Waals surface area contributed by atoms with Gasteiger partial charge in [-0.05, 0) is 46.3 Å². The van der Waals surface area contributed by atoms with Crippen molar-refractivity contribution in [3.63, 3.8) is 0 Å². The van der Waals surface area contributed by atoms with Crippen LogP contribution in [0.25, 0.3) is 0 Å². The lowest BCUT2D eigenvalue weighted by Crippen LogP contribution is -1.66. The van der Waals surface area contributed by atoms with Gasteiger partial charge in [0.25, 0.3) is 0 Å². The van der Waals surface area contributed by atoms with Gasteiger partial charge >= 0.3 is 0 Å². The SMILES string of the molecule is Oc1ccc(Cl)c(O)c1.Oc1ccc(Cl)cc1Br. The summed E-state index contributed by atoms with van der Waals surface area (Å²) in [6, 6.07) is 8.81. The van der Waals surface area contributed by atoms with Gasteiger partial charge in [-0.1, -0.05) is 23.2 Å².